The quantitative estimate of drug-likeness (QED) is 0.468. The molecular weight excluding hydrogens is 408 g/mol. The number of rotatable bonds is 6. The van der Waals surface area contributed by atoms with Crippen LogP contribution in [0.15, 0.2) is 59.1 Å². The van der Waals surface area contributed by atoms with E-state index in [9.17, 15) is 8.78 Å². The fraction of sp³-hybridized carbons (Fsp3) is 0.0952. The molecule has 31 heavy (non-hydrogen) atoms. The molecule has 5 rings (SSSR count). The van der Waals surface area contributed by atoms with Crippen molar-refractivity contribution in [2.75, 3.05) is 17.4 Å². The maximum atomic E-state index is 13.4. The van der Waals surface area contributed by atoms with Gasteiger partial charge in [-0.3, -0.25) is 0 Å². The second-order valence-corrected chi connectivity index (χ2v) is 6.61. The molecular formula is C21H15F2N5O3. The Hall–Kier alpha value is -4.21. The van der Waals surface area contributed by atoms with Crippen molar-refractivity contribution in [1.29, 1.82) is 0 Å². The summed E-state index contributed by atoms with van der Waals surface area (Å²) in [4.78, 5) is 4.29. The van der Waals surface area contributed by atoms with Gasteiger partial charge in [0, 0.05) is 24.5 Å². The van der Waals surface area contributed by atoms with Crippen LogP contribution in [0.1, 0.15) is 5.56 Å². The van der Waals surface area contributed by atoms with Gasteiger partial charge in [0.25, 0.3) is 5.89 Å². The number of fused-ring (bicyclic) bond motifs is 1. The number of hydrogen-bond acceptors (Lipinski definition) is 8. The minimum absolute atomic E-state index is 0.185. The number of hydrogen-bond donors (Lipinski definition) is 2. The van der Waals surface area contributed by atoms with E-state index < -0.39 is 11.6 Å². The zero-order valence-corrected chi connectivity index (χ0v) is 15.9. The Bertz CT molecular complexity index is 1250. The second kappa shape index (κ2) is 7.90. The third-order valence-corrected chi connectivity index (χ3v) is 4.53. The molecule has 0 radical (unpaired) electrons. The number of ether oxygens (including phenoxy) is 2. The van der Waals surface area contributed by atoms with Crippen LogP contribution in [0.3, 0.4) is 0 Å². The number of pyridine rings is 1. The van der Waals surface area contributed by atoms with Crippen molar-refractivity contribution < 1.29 is 22.7 Å². The first-order valence-electron chi connectivity index (χ1n) is 9.29. The molecule has 2 N–H and O–H groups in total. The minimum atomic E-state index is -0.906. The lowest BCUT2D eigenvalue weighted by Gasteiger charge is -2.09. The molecule has 1 aliphatic rings. The number of aromatic nitrogens is 3. The van der Waals surface area contributed by atoms with Crippen LogP contribution >= 0.6 is 0 Å². The van der Waals surface area contributed by atoms with Crippen LogP contribution in [0.2, 0.25) is 0 Å². The van der Waals surface area contributed by atoms with Gasteiger partial charge < -0.3 is 24.5 Å². The number of benzene rings is 2. The third kappa shape index (κ3) is 3.95. The van der Waals surface area contributed by atoms with Crippen molar-refractivity contribution in [1.82, 2.24) is 15.2 Å². The minimum Gasteiger partial charge on any atom is -0.454 e. The van der Waals surface area contributed by atoms with Gasteiger partial charge in [0.05, 0.1) is 5.56 Å². The van der Waals surface area contributed by atoms with Gasteiger partial charge in [0.15, 0.2) is 23.1 Å². The lowest BCUT2D eigenvalue weighted by Crippen LogP contribution is -2.03. The van der Waals surface area contributed by atoms with Gasteiger partial charge in [0.2, 0.25) is 6.79 Å². The SMILES string of the molecule is Fc1ccc(CNc2ncccc2-c2nnc(Nc3ccc4c(c3)OCO4)o2)cc1F. The molecule has 156 valence electrons. The van der Waals surface area contributed by atoms with Crippen LogP contribution in [0, 0.1) is 11.6 Å². The van der Waals surface area contributed by atoms with Crippen molar-refractivity contribution in [2.45, 2.75) is 6.54 Å². The van der Waals surface area contributed by atoms with Gasteiger partial charge in [-0.2, -0.15) is 0 Å². The van der Waals surface area contributed by atoms with E-state index in [0.29, 0.717) is 34.1 Å². The van der Waals surface area contributed by atoms with E-state index in [1.54, 1.807) is 36.5 Å². The topological polar surface area (TPSA) is 94.3 Å². The molecule has 0 atom stereocenters. The van der Waals surface area contributed by atoms with Gasteiger partial charge in [0.1, 0.15) is 5.82 Å². The maximum absolute atomic E-state index is 13.4. The molecule has 0 fully saturated rings. The third-order valence-electron chi connectivity index (χ3n) is 4.53. The van der Waals surface area contributed by atoms with Crippen LogP contribution < -0.4 is 20.1 Å². The molecule has 2 aromatic carbocycles. The zero-order chi connectivity index (χ0) is 21.2. The monoisotopic (exact) mass is 423 g/mol. The highest BCUT2D eigenvalue weighted by atomic mass is 19.2. The summed E-state index contributed by atoms with van der Waals surface area (Å²) in [5.74, 6) is 0.201. The molecule has 0 saturated heterocycles. The number of halogens is 2. The maximum Gasteiger partial charge on any atom is 0.320 e. The van der Waals surface area contributed by atoms with Gasteiger partial charge in [-0.25, -0.2) is 13.8 Å². The number of nitrogens with zero attached hydrogens (tertiary/aromatic N) is 3. The van der Waals surface area contributed by atoms with Crippen molar-refractivity contribution >= 4 is 17.5 Å². The van der Waals surface area contributed by atoms with Gasteiger partial charge >= 0.3 is 6.01 Å². The average molecular weight is 423 g/mol. The van der Waals surface area contributed by atoms with Crippen molar-refractivity contribution in [3.05, 3.63) is 71.9 Å². The molecule has 3 heterocycles. The summed E-state index contributed by atoms with van der Waals surface area (Å²) >= 11 is 0. The zero-order valence-electron chi connectivity index (χ0n) is 15.9. The van der Waals surface area contributed by atoms with Gasteiger partial charge in [-0.15, -0.1) is 5.10 Å². The second-order valence-electron chi connectivity index (χ2n) is 6.61. The Morgan fingerprint density at radius 1 is 0.935 bits per heavy atom. The van der Waals surface area contributed by atoms with E-state index >= 15 is 0 Å². The molecule has 0 aliphatic carbocycles. The van der Waals surface area contributed by atoms with Crippen LogP contribution in [0.25, 0.3) is 11.5 Å². The standard InChI is InChI=1S/C21H15F2N5O3/c22-15-5-3-12(8-16(15)23)10-25-19-14(2-1-7-24-19)20-27-28-21(31-20)26-13-4-6-17-18(9-13)30-11-29-17/h1-9H,10-11H2,(H,24,25)(H,26,28). The predicted molar refractivity (Wildman–Crippen MR) is 107 cm³/mol. The van der Waals surface area contributed by atoms with Gasteiger partial charge in [-0.1, -0.05) is 11.2 Å². The van der Waals surface area contributed by atoms with Crippen LogP contribution in [0.4, 0.5) is 26.3 Å². The highest BCUT2D eigenvalue weighted by Crippen LogP contribution is 2.35. The Morgan fingerprint density at radius 2 is 1.84 bits per heavy atom. The molecule has 8 nitrogen and oxygen atoms in total. The van der Waals surface area contributed by atoms with E-state index in [2.05, 4.69) is 25.8 Å². The smallest absolute Gasteiger partial charge is 0.320 e. The first kappa shape index (κ1) is 18.8. The average Bonchev–Trinajstić information content (AvgIpc) is 3.44. The molecule has 0 amide bonds. The van der Waals surface area contributed by atoms with Crippen molar-refractivity contribution in [2.24, 2.45) is 0 Å². The summed E-state index contributed by atoms with van der Waals surface area (Å²) < 4.78 is 42.9. The predicted octanol–water partition coefficient (Wildman–Crippen LogP) is 4.49. The molecule has 0 spiro atoms. The summed E-state index contributed by atoms with van der Waals surface area (Å²) in [6.07, 6.45) is 1.60. The Labute approximate surface area is 174 Å². The summed E-state index contributed by atoms with van der Waals surface area (Å²) in [5.41, 5.74) is 1.82. The van der Waals surface area contributed by atoms with E-state index in [1.165, 1.54) is 6.07 Å². The largest absolute Gasteiger partial charge is 0.454 e. The summed E-state index contributed by atoms with van der Waals surface area (Å²) in [6, 6.07) is 12.7. The molecule has 0 unspecified atom stereocenters. The van der Waals surface area contributed by atoms with E-state index in [1.807, 2.05) is 0 Å². The highest BCUT2D eigenvalue weighted by Gasteiger charge is 2.16. The van der Waals surface area contributed by atoms with E-state index in [-0.39, 0.29) is 25.2 Å². The van der Waals surface area contributed by atoms with Crippen molar-refractivity contribution in [3.63, 3.8) is 0 Å². The van der Waals surface area contributed by atoms with E-state index in [4.69, 9.17) is 13.9 Å². The lowest BCUT2D eigenvalue weighted by molar-refractivity contribution is 0.174. The first-order chi connectivity index (χ1) is 15.2. The summed E-state index contributed by atoms with van der Waals surface area (Å²) in [7, 11) is 0. The molecule has 0 saturated carbocycles. The molecule has 2 aromatic heterocycles. The summed E-state index contributed by atoms with van der Waals surface area (Å²) in [5, 5.41) is 14.2. The Balaban J connectivity index is 1.33. The fourth-order valence-corrected chi connectivity index (χ4v) is 3.03. The van der Waals surface area contributed by atoms with E-state index in [0.717, 1.165) is 12.1 Å². The first-order valence-corrected chi connectivity index (χ1v) is 9.29. The van der Waals surface area contributed by atoms with Crippen LogP contribution in [-0.4, -0.2) is 22.0 Å². The Morgan fingerprint density at radius 3 is 2.74 bits per heavy atom. The fourth-order valence-electron chi connectivity index (χ4n) is 3.03. The number of nitrogens with one attached hydrogen (secondary N) is 2. The molecule has 1 aliphatic heterocycles. The highest BCUT2D eigenvalue weighted by molar-refractivity contribution is 5.69. The number of anilines is 3. The van der Waals surface area contributed by atoms with Crippen LogP contribution in [0.5, 0.6) is 11.5 Å². The Kier molecular flexibility index (Phi) is 4.79. The van der Waals surface area contributed by atoms with Crippen LogP contribution in [-0.2, 0) is 6.54 Å². The molecule has 10 heteroatoms. The summed E-state index contributed by atoms with van der Waals surface area (Å²) in [6.45, 7) is 0.419. The van der Waals surface area contributed by atoms with Crippen molar-refractivity contribution in [3.8, 4) is 23.0 Å². The molecule has 4 aromatic rings. The lowest BCUT2D eigenvalue weighted by atomic mass is 10.2. The van der Waals surface area contributed by atoms with Gasteiger partial charge in [-0.05, 0) is 42.0 Å². The normalized spacial score (nSPS) is 12.1. The molecule has 0 bridgehead atoms.